The first-order valence-corrected chi connectivity index (χ1v) is 23.4. The molecule has 3 aliphatic heterocycles. The Hall–Kier alpha value is -5.07. The number of benzene rings is 3. The fraction of sp³-hybridized carbons (Fsp3) is 0.558. The normalized spacial score (nSPS) is 34.4. The zero-order valence-electron chi connectivity index (χ0n) is 40.8. The van der Waals surface area contributed by atoms with Gasteiger partial charge in [-0.2, -0.15) is 0 Å². The average molecular weight is 945 g/mol. The van der Waals surface area contributed by atoms with Gasteiger partial charge in [-0.1, -0.05) is 112 Å². The van der Waals surface area contributed by atoms with Gasteiger partial charge in [0.25, 0.3) is 0 Å². The van der Waals surface area contributed by atoms with Gasteiger partial charge in [-0.15, -0.1) is 0 Å². The summed E-state index contributed by atoms with van der Waals surface area (Å²) in [7, 11) is 5.13. The molecule has 6 rings (SSSR count). The number of cyclic esters (lactones) is 1. The van der Waals surface area contributed by atoms with Gasteiger partial charge in [0, 0.05) is 24.9 Å². The molecule has 0 radical (unpaired) electrons. The Labute approximate surface area is 399 Å². The van der Waals surface area contributed by atoms with Crippen LogP contribution in [0, 0.1) is 23.7 Å². The van der Waals surface area contributed by atoms with Crippen LogP contribution >= 0.6 is 0 Å². The Morgan fingerprint density at radius 1 is 0.853 bits per heavy atom. The van der Waals surface area contributed by atoms with Crippen molar-refractivity contribution in [2.24, 2.45) is 28.8 Å². The monoisotopic (exact) mass is 944 g/mol. The van der Waals surface area contributed by atoms with Crippen LogP contribution in [0.3, 0.4) is 0 Å². The number of ether oxygens (including phenoxy) is 8. The quantitative estimate of drug-likeness (QED) is 0.0757. The maximum atomic E-state index is 14.7. The van der Waals surface area contributed by atoms with Gasteiger partial charge < -0.3 is 52.7 Å². The Balaban J connectivity index is 1.40. The van der Waals surface area contributed by atoms with Crippen LogP contribution in [0.2, 0.25) is 0 Å². The van der Waals surface area contributed by atoms with Crippen molar-refractivity contribution in [3.8, 4) is 0 Å². The van der Waals surface area contributed by atoms with E-state index in [9.17, 15) is 24.3 Å². The minimum atomic E-state index is -1.54. The van der Waals surface area contributed by atoms with Crippen molar-refractivity contribution in [1.82, 2.24) is 4.90 Å². The Bertz CT molecular complexity index is 2180. The van der Waals surface area contributed by atoms with Crippen LogP contribution in [-0.4, -0.2) is 128 Å². The largest absolute Gasteiger partial charge is 0.509 e. The topological polar surface area (TPSA) is 187 Å². The first kappa shape index (κ1) is 52.3. The molecular weight excluding hydrogens is 877 g/mol. The zero-order valence-corrected chi connectivity index (χ0v) is 40.8. The second-order valence-corrected chi connectivity index (χ2v) is 18.8. The van der Waals surface area contributed by atoms with Crippen molar-refractivity contribution < 1.29 is 67.0 Å². The smallest absolute Gasteiger partial charge is 0.457 e. The van der Waals surface area contributed by atoms with Crippen LogP contribution in [0.15, 0.2) is 96.2 Å². The number of carbonyl (C=O) groups is 4. The summed E-state index contributed by atoms with van der Waals surface area (Å²) in [6.07, 6.45) is -8.32. The van der Waals surface area contributed by atoms with Gasteiger partial charge in [-0.3, -0.25) is 9.59 Å². The molecule has 3 fully saturated rings. The van der Waals surface area contributed by atoms with Gasteiger partial charge in [0.2, 0.25) is 0 Å². The molecule has 1 unspecified atom stereocenters. The minimum absolute atomic E-state index is 0.0538. The van der Waals surface area contributed by atoms with E-state index in [0.717, 1.165) is 11.1 Å². The van der Waals surface area contributed by atoms with Crippen LogP contribution in [0.1, 0.15) is 82.8 Å². The van der Waals surface area contributed by atoms with Gasteiger partial charge in [0.05, 0.1) is 48.8 Å². The SMILES string of the molecule is CCC1OC(=O)[C@H](C)C(=O)[C@H](C)[C@@H](O[C@@H]2O[C@H](COCc3ccccc3)[C@@H](OCc3ccccc3)[C@H](N(C)C)[C@H]2O)[C@](C)(OC)C[C@@H](C)/C(=N\OC(=O)c2ccccc2)[C@H](C)[C@H]2OC(=O)O[C@]12C. The molecule has 0 bridgehead atoms. The highest BCUT2D eigenvalue weighted by atomic mass is 16.8. The first-order chi connectivity index (χ1) is 32.4. The molecule has 16 nitrogen and oxygen atoms in total. The van der Waals surface area contributed by atoms with Crippen LogP contribution < -0.4 is 0 Å². The second-order valence-electron chi connectivity index (χ2n) is 18.8. The summed E-state index contributed by atoms with van der Waals surface area (Å²) in [6.45, 7) is 12.4. The molecule has 3 saturated heterocycles. The van der Waals surface area contributed by atoms with Crippen molar-refractivity contribution in [2.75, 3.05) is 27.8 Å². The molecule has 3 heterocycles. The molecule has 0 spiro atoms. The van der Waals surface area contributed by atoms with Gasteiger partial charge in [-0.25, -0.2) is 9.59 Å². The number of aliphatic hydroxyl groups is 1. The lowest BCUT2D eigenvalue weighted by molar-refractivity contribution is -0.325. The van der Waals surface area contributed by atoms with Crippen molar-refractivity contribution in [2.45, 2.75) is 135 Å². The van der Waals surface area contributed by atoms with E-state index in [-0.39, 0.29) is 43.9 Å². The first-order valence-electron chi connectivity index (χ1n) is 23.4. The van der Waals surface area contributed by atoms with E-state index in [2.05, 4.69) is 5.16 Å². The van der Waals surface area contributed by atoms with Crippen molar-refractivity contribution in [3.05, 3.63) is 108 Å². The maximum Gasteiger partial charge on any atom is 0.509 e. The predicted octanol–water partition coefficient (Wildman–Crippen LogP) is 6.94. The standard InChI is InChI=1S/C52H68N2O14/c1-11-39-52(7)46(66-50(59)67-52)32(3)40(53-68-48(58)37-25-19-14-20-26-37)31(2)27-51(6,60-10)45(33(4)42(55)34(5)47(57)64-39)65-49-43(56)41(54(8)9)44(62-29-36-23-17-13-18-24-36)38(63-49)30-61-28-35-21-15-12-16-22-35/h12-26,31-34,38-39,41,43-46,49,56H,11,27-30H2,1-10H3/b53-40+/t31-,32+,33+,34-,38-,39?,41-,43-,44-,45-,46-,49+,51-,52-/m1/s1. The number of ketones is 1. The number of nitrogens with zero attached hydrogens (tertiary/aromatic N) is 2. The lowest BCUT2D eigenvalue weighted by Crippen LogP contribution is -2.66. The number of aliphatic hydroxyl groups excluding tert-OH is 1. The summed E-state index contributed by atoms with van der Waals surface area (Å²) in [5.74, 6) is -5.96. The number of rotatable bonds is 14. The van der Waals surface area contributed by atoms with Crippen LogP contribution in [0.4, 0.5) is 4.79 Å². The molecule has 3 aliphatic rings. The molecule has 1 N–H and O–H groups in total. The summed E-state index contributed by atoms with van der Waals surface area (Å²) >= 11 is 0. The Kier molecular flexibility index (Phi) is 17.7. The Morgan fingerprint density at radius 2 is 1.46 bits per heavy atom. The minimum Gasteiger partial charge on any atom is -0.457 e. The van der Waals surface area contributed by atoms with Crippen LogP contribution in [-0.2, 0) is 65.5 Å². The number of hydrogen-bond acceptors (Lipinski definition) is 16. The highest BCUT2D eigenvalue weighted by Gasteiger charge is 2.59. The van der Waals surface area contributed by atoms with E-state index in [4.69, 9.17) is 42.7 Å². The third kappa shape index (κ3) is 11.8. The van der Waals surface area contributed by atoms with Crippen LogP contribution in [0.5, 0.6) is 0 Å². The molecule has 0 aliphatic carbocycles. The summed E-state index contributed by atoms with van der Waals surface area (Å²) in [6, 6.07) is 27.0. The number of oxime groups is 1. The Morgan fingerprint density at radius 3 is 2.04 bits per heavy atom. The average Bonchev–Trinajstić information content (AvgIpc) is 3.65. The van der Waals surface area contributed by atoms with E-state index >= 15 is 0 Å². The molecule has 0 saturated carbocycles. The number of esters is 1. The highest BCUT2D eigenvalue weighted by Crippen LogP contribution is 2.42. The number of hydrogen-bond donors (Lipinski definition) is 1. The van der Waals surface area contributed by atoms with Gasteiger partial charge in [0.1, 0.15) is 30.3 Å². The van der Waals surface area contributed by atoms with E-state index in [1.807, 2.05) is 86.6 Å². The molecule has 0 aromatic heterocycles. The van der Waals surface area contributed by atoms with Crippen LogP contribution in [0.25, 0.3) is 0 Å². The number of fused-ring (bicyclic) bond motifs is 1. The lowest BCUT2D eigenvalue weighted by atomic mass is 9.74. The van der Waals surface area contributed by atoms with E-state index in [1.165, 1.54) is 14.0 Å². The fourth-order valence-electron chi connectivity index (χ4n) is 9.89. The molecule has 16 heteroatoms. The third-order valence-electron chi connectivity index (χ3n) is 13.7. The number of likely N-dealkylation sites (N-methyl/N-ethyl adjacent to an activating group) is 1. The molecule has 370 valence electrons. The van der Waals surface area contributed by atoms with Gasteiger partial charge >= 0.3 is 18.1 Å². The van der Waals surface area contributed by atoms with Gasteiger partial charge in [0.15, 0.2) is 23.8 Å². The predicted molar refractivity (Wildman–Crippen MR) is 249 cm³/mol. The molecule has 68 heavy (non-hydrogen) atoms. The van der Waals surface area contributed by atoms with Crippen molar-refractivity contribution in [3.63, 3.8) is 0 Å². The highest BCUT2D eigenvalue weighted by molar-refractivity contribution is 6.00. The molecule has 14 atom stereocenters. The molecule has 3 aromatic rings. The summed E-state index contributed by atoms with van der Waals surface area (Å²) in [5, 5.41) is 16.8. The summed E-state index contributed by atoms with van der Waals surface area (Å²) < 4.78 is 50.6. The zero-order chi connectivity index (χ0) is 49.3. The molecule has 0 amide bonds. The maximum absolute atomic E-state index is 14.7. The van der Waals surface area contributed by atoms with Crippen molar-refractivity contribution >= 4 is 29.6 Å². The van der Waals surface area contributed by atoms with E-state index < -0.39 is 108 Å². The number of carbonyl (C=O) groups excluding carboxylic acids is 4. The molecular formula is C52H68N2O14. The third-order valence-corrected chi connectivity index (χ3v) is 13.7. The van der Waals surface area contributed by atoms with Crippen molar-refractivity contribution in [1.29, 1.82) is 0 Å². The van der Waals surface area contributed by atoms with Gasteiger partial charge in [-0.05, 0) is 71.0 Å². The number of methoxy groups -OCH3 is 1. The lowest BCUT2D eigenvalue weighted by Gasteiger charge is -2.49. The molecule has 3 aromatic carbocycles. The summed E-state index contributed by atoms with van der Waals surface area (Å²) in [4.78, 5) is 62.7. The summed E-state index contributed by atoms with van der Waals surface area (Å²) in [5.41, 5.74) is -0.541. The van der Waals surface area contributed by atoms with E-state index in [0.29, 0.717) is 0 Å². The number of Topliss-reactive ketones (excluding diaryl/α,β-unsaturated/α-hetero) is 1. The van der Waals surface area contributed by atoms with E-state index in [1.54, 1.807) is 65.0 Å². The second kappa shape index (κ2) is 23.0. The fourth-order valence-corrected chi connectivity index (χ4v) is 9.89.